The molecule has 5 nitrogen and oxygen atoms in total. The first-order valence-electron chi connectivity index (χ1n) is 9.20. The smallest absolute Gasteiger partial charge is 0.257 e. The van der Waals surface area contributed by atoms with Crippen LogP contribution in [0, 0.1) is 13.8 Å². The predicted molar refractivity (Wildman–Crippen MR) is 119 cm³/mol. The van der Waals surface area contributed by atoms with Crippen molar-refractivity contribution in [1.82, 2.24) is 0 Å². The average Bonchev–Trinajstić information content (AvgIpc) is 2.72. The van der Waals surface area contributed by atoms with E-state index in [9.17, 15) is 9.59 Å². The summed E-state index contributed by atoms with van der Waals surface area (Å²) < 4.78 is 0. The predicted octanol–water partition coefficient (Wildman–Crippen LogP) is 5.26. The highest BCUT2D eigenvalue weighted by Gasteiger charge is 2.13. The third kappa shape index (κ3) is 5.36. The third-order valence-corrected chi connectivity index (χ3v) is 4.84. The largest absolute Gasteiger partial charge is 0.376 e. The molecular formula is C23H22ClN3O2. The van der Waals surface area contributed by atoms with E-state index in [2.05, 4.69) is 16.0 Å². The lowest BCUT2D eigenvalue weighted by Crippen LogP contribution is -2.23. The summed E-state index contributed by atoms with van der Waals surface area (Å²) in [4.78, 5) is 25.0. The zero-order valence-corrected chi connectivity index (χ0v) is 17.0. The molecule has 0 fully saturated rings. The topological polar surface area (TPSA) is 70.2 Å². The van der Waals surface area contributed by atoms with Gasteiger partial charge in [-0.2, -0.15) is 0 Å². The Kier molecular flexibility index (Phi) is 6.52. The van der Waals surface area contributed by atoms with Gasteiger partial charge in [0.25, 0.3) is 5.91 Å². The highest BCUT2D eigenvalue weighted by atomic mass is 35.5. The van der Waals surface area contributed by atoms with E-state index in [0.717, 1.165) is 16.8 Å². The molecule has 3 N–H and O–H groups in total. The van der Waals surface area contributed by atoms with Gasteiger partial charge in [0.15, 0.2) is 0 Å². The molecule has 2 amide bonds. The molecule has 0 aliphatic rings. The summed E-state index contributed by atoms with van der Waals surface area (Å²) in [6.07, 6.45) is 0. The van der Waals surface area contributed by atoms with Crippen LogP contribution in [0.15, 0.2) is 66.7 Å². The van der Waals surface area contributed by atoms with E-state index in [0.29, 0.717) is 22.0 Å². The Balaban J connectivity index is 1.65. The molecule has 0 aliphatic heterocycles. The van der Waals surface area contributed by atoms with Gasteiger partial charge in [0, 0.05) is 22.1 Å². The molecule has 0 aliphatic carbocycles. The number of nitrogens with one attached hydrogen (secondary N) is 3. The fraction of sp³-hybridized carbons (Fsp3) is 0.130. The monoisotopic (exact) mass is 407 g/mol. The van der Waals surface area contributed by atoms with E-state index in [-0.39, 0.29) is 18.4 Å². The van der Waals surface area contributed by atoms with Crippen LogP contribution in [0.3, 0.4) is 0 Å². The van der Waals surface area contributed by atoms with Crippen LogP contribution in [0.5, 0.6) is 0 Å². The molecule has 3 rings (SSSR count). The van der Waals surface area contributed by atoms with E-state index in [1.54, 1.807) is 42.5 Å². The molecule has 0 radical (unpaired) electrons. The SMILES string of the molecule is Cc1cccc(NC(=O)CNc2ccccc2C(=O)Nc2ccc(Cl)cc2)c1C. The molecular weight excluding hydrogens is 386 g/mol. The highest BCUT2D eigenvalue weighted by Crippen LogP contribution is 2.20. The Morgan fingerprint density at radius 2 is 1.52 bits per heavy atom. The fourth-order valence-electron chi connectivity index (χ4n) is 2.82. The van der Waals surface area contributed by atoms with Crippen molar-refractivity contribution in [3.8, 4) is 0 Å². The Labute approximate surface area is 175 Å². The fourth-order valence-corrected chi connectivity index (χ4v) is 2.95. The van der Waals surface area contributed by atoms with Gasteiger partial charge in [0.05, 0.1) is 12.1 Å². The standard InChI is InChI=1S/C23H22ClN3O2/c1-15-6-5-9-20(16(15)2)27-22(28)14-25-21-8-4-3-7-19(21)23(29)26-18-12-10-17(24)11-13-18/h3-13,25H,14H2,1-2H3,(H,26,29)(H,27,28). The van der Waals surface area contributed by atoms with Crippen molar-refractivity contribution in [3.05, 3.63) is 88.4 Å². The average molecular weight is 408 g/mol. The summed E-state index contributed by atoms with van der Waals surface area (Å²) in [6.45, 7) is 4.01. The van der Waals surface area contributed by atoms with Gasteiger partial charge in [-0.15, -0.1) is 0 Å². The van der Waals surface area contributed by atoms with Gasteiger partial charge in [0.2, 0.25) is 5.91 Å². The number of hydrogen-bond donors (Lipinski definition) is 3. The quantitative estimate of drug-likeness (QED) is 0.522. The van der Waals surface area contributed by atoms with Crippen molar-refractivity contribution < 1.29 is 9.59 Å². The molecule has 148 valence electrons. The second-order valence-corrected chi connectivity index (χ2v) is 7.09. The summed E-state index contributed by atoms with van der Waals surface area (Å²) in [5.74, 6) is -0.461. The molecule has 0 saturated heterocycles. The minimum absolute atomic E-state index is 0.0403. The van der Waals surface area contributed by atoms with E-state index < -0.39 is 0 Å². The molecule has 0 aromatic heterocycles. The number of carbonyl (C=O) groups is 2. The second-order valence-electron chi connectivity index (χ2n) is 6.66. The molecule has 29 heavy (non-hydrogen) atoms. The van der Waals surface area contributed by atoms with Crippen LogP contribution in [0.2, 0.25) is 5.02 Å². The molecule has 0 atom stereocenters. The van der Waals surface area contributed by atoms with E-state index in [1.807, 2.05) is 38.1 Å². The van der Waals surface area contributed by atoms with Crippen molar-refractivity contribution in [2.24, 2.45) is 0 Å². The molecule has 6 heteroatoms. The number of halogens is 1. The number of anilines is 3. The van der Waals surface area contributed by atoms with Gasteiger partial charge >= 0.3 is 0 Å². The number of carbonyl (C=O) groups excluding carboxylic acids is 2. The summed E-state index contributed by atoms with van der Waals surface area (Å²) in [7, 11) is 0. The van der Waals surface area contributed by atoms with Gasteiger partial charge in [-0.3, -0.25) is 9.59 Å². The first-order valence-corrected chi connectivity index (χ1v) is 9.58. The maximum Gasteiger partial charge on any atom is 0.257 e. The lowest BCUT2D eigenvalue weighted by Gasteiger charge is -2.14. The molecule has 0 bridgehead atoms. The third-order valence-electron chi connectivity index (χ3n) is 4.59. The van der Waals surface area contributed by atoms with Gasteiger partial charge < -0.3 is 16.0 Å². The second kappa shape index (κ2) is 9.26. The number of hydrogen-bond acceptors (Lipinski definition) is 3. The van der Waals surface area contributed by atoms with Gasteiger partial charge in [-0.1, -0.05) is 35.9 Å². The van der Waals surface area contributed by atoms with Crippen molar-refractivity contribution in [3.63, 3.8) is 0 Å². The number of benzene rings is 3. The maximum absolute atomic E-state index is 12.7. The minimum Gasteiger partial charge on any atom is -0.376 e. The lowest BCUT2D eigenvalue weighted by atomic mass is 10.1. The van der Waals surface area contributed by atoms with Crippen molar-refractivity contribution in [1.29, 1.82) is 0 Å². The lowest BCUT2D eigenvalue weighted by molar-refractivity contribution is -0.114. The van der Waals surface area contributed by atoms with Crippen LogP contribution in [0.4, 0.5) is 17.1 Å². The summed E-state index contributed by atoms with van der Waals surface area (Å²) in [5.41, 5.74) is 4.59. The summed E-state index contributed by atoms with van der Waals surface area (Å²) >= 11 is 5.88. The van der Waals surface area contributed by atoms with Crippen LogP contribution >= 0.6 is 11.6 Å². The van der Waals surface area contributed by atoms with Crippen LogP contribution in [0.25, 0.3) is 0 Å². The molecule has 0 unspecified atom stereocenters. The van der Waals surface area contributed by atoms with Crippen molar-refractivity contribution >= 4 is 40.5 Å². The van der Waals surface area contributed by atoms with E-state index in [4.69, 9.17) is 11.6 Å². The van der Waals surface area contributed by atoms with Gasteiger partial charge in [0.1, 0.15) is 0 Å². The van der Waals surface area contributed by atoms with Crippen molar-refractivity contribution in [2.75, 3.05) is 22.5 Å². The Morgan fingerprint density at radius 3 is 2.28 bits per heavy atom. The number of para-hydroxylation sites is 1. The van der Waals surface area contributed by atoms with Crippen LogP contribution in [-0.2, 0) is 4.79 Å². The molecule has 0 spiro atoms. The van der Waals surface area contributed by atoms with Crippen LogP contribution in [0.1, 0.15) is 21.5 Å². The van der Waals surface area contributed by atoms with Crippen molar-refractivity contribution in [2.45, 2.75) is 13.8 Å². The van der Waals surface area contributed by atoms with Gasteiger partial charge in [-0.25, -0.2) is 0 Å². The number of aryl methyl sites for hydroxylation is 1. The molecule has 3 aromatic carbocycles. The number of amides is 2. The first-order chi connectivity index (χ1) is 13.9. The number of rotatable bonds is 6. The molecule has 0 heterocycles. The first kappa shape index (κ1) is 20.4. The zero-order valence-electron chi connectivity index (χ0n) is 16.3. The Morgan fingerprint density at radius 1 is 0.828 bits per heavy atom. The Hall–Kier alpha value is -3.31. The minimum atomic E-state index is -0.273. The Bertz CT molecular complexity index is 1030. The van der Waals surface area contributed by atoms with E-state index >= 15 is 0 Å². The summed E-state index contributed by atoms with van der Waals surface area (Å²) in [5, 5.41) is 9.38. The normalized spacial score (nSPS) is 10.3. The van der Waals surface area contributed by atoms with Crippen LogP contribution < -0.4 is 16.0 Å². The molecule has 3 aromatic rings. The molecule has 0 saturated carbocycles. The van der Waals surface area contributed by atoms with Gasteiger partial charge in [-0.05, 0) is 67.4 Å². The van der Waals surface area contributed by atoms with E-state index in [1.165, 1.54) is 0 Å². The summed E-state index contributed by atoms with van der Waals surface area (Å²) in [6, 6.07) is 19.7. The zero-order chi connectivity index (χ0) is 20.8. The highest BCUT2D eigenvalue weighted by molar-refractivity contribution is 6.30. The van der Waals surface area contributed by atoms with Crippen LogP contribution in [-0.4, -0.2) is 18.4 Å². The maximum atomic E-state index is 12.7.